The average Bonchev–Trinajstić information content (AvgIpc) is 3.55. The number of carbonyl (C=O) groups is 2. The number of amides is 2. The molecule has 1 aliphatic carbocycles. The highest BCUT2D eigenvalue weighted by molar-refractivity contribution is 7.92. The predicted octanol–water partition coefficient (Wildman–Crippen LogP) is 8.09. The quantitative estimate of drug-likeness (QED) is 0.195. The van der Waals surface area contributed by atoms with Gasteiger partial charge in [-0.25, -0.2) is 4.21 Å². The first kappa shape index (κ1) is 36.7. The van der Waals surface area contributed by atoms with Gasteiger partial charge in [-0.05, 0) is 111 Å². The van der Waals surface area contributed by atoms with Gasteiger partial charge in [0, 0.05) is 43.2 Å². The Labute approximate surface area is 296 Å². The van der Waals surface area contributed by atoms with Crippen molar-refractivity contribution >= 4 is 39.0 Å². The number of anilines is 1. The first-order chi connectivity index (χ1) is 23.6. The summed E-state index contributed by atoms with van der Waals surface area (Å²) < 4.78 is 35.0. The summed E-state index contributed by atoms with van der Waals surface area (Å²) in [7, 11) is -1.78. The number of fused-ring (bicyclic) bond motifs is 2. The molecular formula is C38H49ClN4O5S. The molecule has 11 heteroatoms. The van der Waals surface area contributed by atoms with Gasteiger partial charge in [0.05, 0.1) is 29.7 Å². The Morgan fingerprint density at radius 2 is 2.00 bits per heavy atom. The minimum absolute atomic E-state index is 0.00638. The van der Waals surface area contributed by atoms with Crippen LogP contribution in [-0.2, 0) is 34.2 Å². The lowest BCUT2D eigenvalue weighted by Crippen LogP contribution is -2.35. The number of benzene rings is 2. The maximum Gasteiger partial charge on any atom is 0.286 e. The number of ether oxygens (including phenoxy) is 2. The van der Waals surface area contributed by atoms with Crippen LogP contribution in [0.3, 0.4) is 0 Å². The summed E-state index contributed by atoms with van der Waals surface area (Å²) in [5, 5.41) is 4.12. The van der Waals surface area contributed by atoms with Crippen molar-refractivity contribution in [2.75, 3.05) is 24.8 Å². The molecule has 1 unspecified atom stereocenters. The second-order valence-corrected chi connectivity index (χ2v) is 15.8. The van der Waals surface area contributed by atoms with Gasteiger partial charge in [0.2, 0.25) is 0 Å². The minimum atomic E-state index is -3.51. The summed E-state index contributed by atoms with van der Waals surface area (Å²) in [5.41, 5.74) is 3.52. The van der Waals surface area contributed by atoms with E-state index in [-0.39, 0.29) is 23.3 Å². The van der Waals surface area contributed by atoms with Gasteiger partial charge < -0.3 is 19.4 Å². The zero-order chi connectivity index (χ0) is 35.0. The van der Waals surface area contributed by atoms with E-state index < -0.39 is 21.7 Å². The number of halogens is 1. The third kappa shape index (κ3) is 9.77. The molecule has 0 radical (unpaired) electrons. The van der Waals surface area contributed by atoms with Crippen LogP contribution in [0.25, 0.3) is 0 Å². The van der Waals surface area contributed by atoms with Crippen LogP contribution in [-0.4, -0.2) is 46.2 Å². The largest absolute Gasteiger partial charge is 0.491 e. The van der Waals surface area contributed by atoms with Crippen molar-refractivity contribution in [3.05, 3.63) is 94.3 Å². The predicted molar refractivity (Wildman–Crippen MR) is 197 cm³/mol. The van der Waals surface area contributed by atoms with Gasteiger partial charge in [0.1, 0.15) is 15.7 Å². The van der Waals surface area contributed by atoms with Crippen LogP contribution in [0.2, 0.25) is 5.02 Å². The van der Waals surface area contributed by atoms with Gasteiger partial charge >= 0.3 is 0 Å². The molecule has 0 saturated heterocycles. The Hall–Kier alpha value is -3.60. The van der Waals surface area contributed by atoms with Crippen molar-refractivity contribution < 1.29 is 23.3 Å². The molecule has 2 aromatic carbocycles. The fourth-order valence-corrected chi connectivity index (χ4v) is 8.54. The van der Waals surface area contributed by atoms with E-state index in [4.69, 9.17) is 21.1 Å². The van der Waals surface area contributed by atoms with Crippen molar-refractivity contribution in [1.29, 1.82) is 0 Å². The normalized spacial score (nSPS) is 20.2. The van der Waals surface area contributed by atoms with Crippen LogP contribution < -0.4 is 14.8 Å². The molecule has 49 heavy (non-hydrogen) atoms. The first-order valence-electron chi connectivity index (χ1n) is 17.3. The third-order valence-corrected chi connectivity index (χ3v) is 11.8. The summed E-state index contributed by atoms with van der Waals surface area (Å²) in [6, 6.07) is 12.6. The third-order valence-electron chi connectivity index (χ3n) is 9.58. The van der Waals surface area contributed by atoms with E-state index in [1.165, 1.54) is 12.0 Å². The Morgan fingerprint density at radius 3 is 2.71 bits per heavy atom. The number of nitrogens with zero attached hydrogens (tertiary/aromatic N) is 2. The second-order valence-electron chi connectivity index (χ2n) is 13.3. The molecular weight excluding hydrogens is 660 g/mol. The van der Waals surface area contributed by atoms with Gasteiger partial charge in [-0.3, -0.25) is 14.3 Å². The second kappa shape index (κ2) is 16.9. The molecule has 2 heterocycles. The fourth-order valence-electron chi connectivity index (χ4n) is 6.46. The maximum absolute atomic E-state index is 14.4. The number of aryl methyl sites for hydroxylation is 2. The topological polar surface area (TPSA) is 111 Å². The lowest BCUT2D eigenvalue weighted by atomic mass is 9.71. The van der Waals surface area contributed by atoms with E-state index >= 15 is 0 Å². The number of rotatable bonds is 11. The maximum atomic E-state index is 14.4. The Morgan fingerprint density at radius 1 is 1.16 bits per heavy atom. The Kier molecular flexibility index (Phi) is 12.6. The van der Waals surface area contributed by atoms with E-state index in [2.05, 4.69) is 33.5 Å². The molecule has 264 valence electrons. The number of allylic oxidation sites excluding steroid dienone is 1. The molecule has 3 aromatic rings. The molecule has 2 aliphatic rings. The Balaban J connectivity index is 1.38. The van der Waals surface area contributed by atoms with Crippen molar-refractivity contribution in [3.63, 3.8) is 0 Å². The molecule has 9 nitrogen and oxygen atoms in total. The van der Waals surface area contributed by atoms with Crippen molar-refractivity contribution in [3.8, 4) is 5.75 Å². The summed E-state index contributed by atoms with van der Waals surface area (Å²) in [5.74, 6) is 0.393. The summed E-state index contributed by atoms with van der Waals surface area (Å²) in [6.45, 7) is 7.88. The fraction of sp³-hybridized carbons (Fsp3) is 0.474. The molecule has 0 spiro atoms. The van der Waals surface area contributed by atoms with Crippen LogP contribution in [0.5, 0.6) is 5.75 Å². The average molecular weight is 709 g/mol. The highest BCUT2D eigenvalue weighted by Gasteiger charge is 2.32. The zero-order valence-electron chi connectivity index (χ0n) is 29.0. The van der Waals surface area contributed by atoms with E-state index in [1.54, 1.807) is 43.8 Å². The van der Waals surface area contributed by atoms with Crippen molar-refractivity contribution in [2.45, 2.75) is 78.5 Å². The molecule has 0 bridgehead atoms. The number of aromatic nitrogens is 1. The summed E-state index contributed by atoms with van der Waals surface area (Å²) in [6.07, 6.45) is 13.3. The molecule has 1 aromatic heterocycles. The van der Waals surface area contributed by atoms with Crippen molar-refractivity contribution in [1.82, 2.24) is 9.29 Å². The molecule has 1 saturated carbocycles. The highest BCUT2D eigenvalue weighted by atomic mass is 35.5. The van der Waals surface area contributed by atoms with Gasteiger partial charge in [-0.15, -0.1) is 4.36 Å². The number of hydrogen-bond donors (Lipinski definition) is 2. The SMILES string of the molecule is CCn1ccc(C(=O)NS(=O)(C[C@@H](C)C/C=C/[C@H](OC)[C@@H]2CC[C@H]2C)=NC(=O)c2ccc3c(c2)NCc2ccc(Cl)cc2CCCCO3)c1. The highest BCUT2D eigenvalue weighted by Crippen LogP contribution is 2.38. The number of hydrogen-bond acceptors (Lipinski definition) is 6. The van der Waals surface area contributed by atoms with Gasteiger partial charge in [0.25, 0.3) is 11.8 Å². The van der Waals surface area contributed by atoms with E-state index in [0.717, 1.165) is 31.2 Å². The molecule has 5 rings (SSSR count). The van der Waals surface area contributed by atoms with E-state index in [9.17, 15) is 13.8 Å². The van der Waals surface area contributed by atoms with Gasteiger partial charge in [-0.2, -0.15) is 0 Å². The molecule has 2 N–H and O–H groups in total. The lowest BCUT2D eigenvalue weighted by Gasteiger charge is -2.38. The lowest BCUT2D eigenvalue weighted by molar-refractivity contribution is 0.0178. The van der Waals surface area contributed by atoms with Gasteiger partial charge in [0.15, 0.2) is 0 Å². The first-order valence-corrected chi connectivity index (χ1v) is 19.4. The molecule has 1 aliphatic heterocycles. The zero-order valence-corrected chi connectivity index (χ0v) is 30.5. The van der Waals surface area contributed by atoms with E-state index in [1.807, 2.05) is 36.6 Å². The molecule has 1 fully saturated rings. The van der Waals surface area contributed by atoms with Crippen LogP contribution in [0, 0.1) is 17.8 Å². The monoisotopic (exact) mass is 708 g/mol. The minimum Gasteiger partial charge on any atom is -0.491 e. The number of nitrogens with one attached hydrogen (secondary N) is 2. The molecule has 5 atom stereocenters. The standard InChI is InChI=1S/C38H49ClN4O5S/c1-5-43-19-18-31(24-43)38(45)42-49(46,25-26(2)9-8-11-35(47-4)33-16-12-27(33)3)41-37(44)29-14-17-36-34(22-29)40-23-30-13-15-32(39)21-28(30)10-6-7-20-48-36/h8,11,13-15,17-19,21-22,24,26-27,33,35,40H,5-7,9-10,12,16,20,23,25H2,1-4H3,(H,41,42,44,45,46)/b11-8+/t26-,27+,33+,35-,49?/m0/s1. The van der Waals surface area contributed by atoms with Crippen LogP contribution in [0.1, 0.15) is 84.7 Å². The summed E-state index contributed by atoms with van der Waals surface area (Å²) in [4.78, 5) is 27.0. The van der Waals surface area contributed by atoms with Crippen LogP contribution >= 0.6 is 11.6 Å². The van der Waals surface area contributed by atoms with E-state index in [0.29, 0.717) is 60.0 Å². The van der Waals surface area contributed by atoms with Gasteiger partial charge in [-0.1, -0.05) is 43.7 Å². The Bertz CT molecular complexity index is 1780. The summed E-state index contributed by atoms with van der Waals surface area (Å²) >= 11 is 6.29. The number of methoxy groups -OCH3 is 1. The van der Waals surface area contributed by atoms with Crippen LogP contribution in [0.15, 0.2) is 71.4 Å². The molecule has 2 amide bonds. The number of carbonyl (C=O) groups excluding carboxylic acids is 2. The van der Waals surface area contributed by atoms with Crippen LogP contribution in [0.4, 0.5) is 5.69 Å². The smallest absolute Gasteiger partial charge is 0.286 e. The van der Waals surface area contributed by atoms with Crippen molar-refractivity contribution in [2.24, 2.45) is 22.1 Å².